The lowest BCUT2D eigenvalue weighted by Gasteiger charge is -2.49. The molecule has 0 heterocycles. The molecule has 0 aromatic rings. The topological polar surface area (TPSA) is 46.1 Å². The molecule has 0 amide bonds. The molecule has 6 heteroatoms. The highest BCUT2D eigenvalue weighted by Crippen LogP contribution is 2.22. The zero-order valence-corrected chi connectivity index (χ0v) is 18.4. The van der Waals surface area contributed by atoms with Gasteiger partial charge < -0.3 is 10.2 Å². The molecule has 0 bridgehead atoms. The Labute approximate surface area is 166 Å². The minimum Gasteiger partial charge on any atom is -0.822 e. The zero-order valence-electron chi connectivity index (χ0n) is 16.7. The highest BCUT2D eigenvalue weighted by atomic mass is 32.1. The second-order valence-corrected chi connectivity index (χ2v) is 7.97. The van der Waals surface area contributed by atoms with Crippen molar-refractivity contribution in [3.63, 3.8) is 0 Å². The molecule has 0 saturated heterocycles. The minimum atomic E-state index is -0.228. The average molecular weight is 391 g/mol. The Balaban J connectivity index is 5.79. The second-order valence-electron chi connectivity index (χ2n) is 7.27. The third kappa shape index (κ3) is 7.85. The summed E-state index contributed by atoms with van der Waals surface area (Å²) in [6.07, 6.45) is 7.83. The van der Waals surface area contributed by atoms with Crippen molar-refractivity contribution in [1.82, 2.24) is 0 Å². The number of thiocarbonyl (C=S) groups is 2. The molecule has 0 N–H and O–H groups in total. The van der Waals surface area contributed by atoms with Crippen LogP contribution in [0.15, 0.2) is 0 Å². The van der Waals surface area contributed by atoms with Crippen LogP contribution in [0.3, 0.4) is 0 Å². The van der Waals surface area contributed by atoms with Crippen molar-refractivity contribution < 1.29 is 19.2 Å². The van der Waals surface area contributed by atoms with Gasteiger partial charge >= 0.3 is 0 Å². The molecular formula is C19H38N2O2S2. The monoisotopic (exact) mass is 390 g/mol. The minimum absolute atomic E-state index is 0.228. The highest BCUT2D eigenvalue weighted by molar-refractivity contribution is 7.79. The van der Waals surface area contributed by atoms with E-state index in [1.807, 2.05) is 0 Å². The molecule has 0 fully saturated rings. The van der Waals surface area contributed by atoms with Crippen LogP contribution in [0.1, 0.15) is 79.1 Å². The van der Waals surface area contributed by atoms with Crippen molar-refractivity contribution >= 4 is 34.8 Å². The molecule has 0 aliphatic carbocycles. The van der Waals surface area contributed by atoms with Crippen molar-refractivity contribution in [3.05, 3.63) is 0 Å². The quantitative estimate of drug-likeness (QED) is 0.260. The Morgan fingerprint density at radius 1 is 0.600 bits per heavy atom. The lowest BCUT2D eigenvalue weighted by atomic mass is 10.2. The van der Waals surface area contributed by atoms with Crippen LogP contribution in [-0.4, -0.2) is 52.2 Å². The van der Waals surface area contributed by atoms with Gasteiger partial charge in [-0.15, -0.1) is 0 Å². The Morgan fingerprint density at radius 3 is 1.00 bits per heavy atom. The molecule has 148 valence electrons. The molecule has 4 nitrogen and oxygen atoms in total. The molecule has 25 heavy (non-hydrogen) atoms. The number of nitrogens with zero attached hydrogens (tertiary/aromatic N) is 2. The fourth-order valence-corrected chi connectivity index (χ4v) is 3.83. The first-order valence-corrected chi connectivity index (χ1v) is 10.8. The van der Waals surface area contributed by atoms with E-state index in [1.165, 1.54) is 0 Å². The third-order valence-electron chi connectivity index (χ3n) is 5.07. The smallest absolute Gasteiger partial charge is 0.216 e. The molecule has 0 aliphatic rings. The summed E-state index contributed by atoms with van der Waals surface area (Å²) < 4.78 is 0.458. The predicted molar refractivity (Wildman–Crippen MR) is 110 cm³/mol. The fraction of sp³-hybridized carbons (Fsp3) is 0.895. The van der Waals surface area contributed by atoms with Gasteiger partial charge in [-0.2, -0.15) is 0 Å². The Kier molecular flexibility index (Phi) is 12.8. The molecule has 0 rings (SSSR count). The van der Waals surface area contributed by atoms with E-state index in [9.17, 15) is 10.2 Å². The summed E-state index contributed by atoms with van der Waals surface area (Å²) in [4.78, 5) is 0. The van der Waals surface area contributed by atoms with Crippen LogP contribution in [0.4, 0.5) is 0 Å². The van der Waals surface area contributed by atoms with E-state index in [0.29, 0.717) is 6.67 Å². The molecular weight excluding hydrogens is 352 g/mol. The van der Waals surface area contributed by atoms with Crippen LogP contribution < -0.4 is 10.2 Å². The number of quaternary nitrogens is 2. The molecule has 0 aromatic heterocycles. The van der Waals surface area contributed by atoms with E-state index < -0.39 is 0 Å². The van der Waals surface area contributed by atoms with Gasteiger partial charge in [0.2, 0.25) is 6.67 Å². The number of hydrogen-bond donors (Lipinski definition) is 0. The standard InChI is InChI=1S/C19H38N2O2S2/c1-5-9-13-20(18(22)24,14-10-6-2)17-21(19(23)25,15-11-7-3)16-12-8-4/h5-17H2,1-4H3. The lowest BCUT2D eigenvalue weighted by Crippen LogP contribution is -2.71. The van der Waals surface area contributed by atoms with Gasteiger partial charge in [0.25, 0.3) is 0 Å². The summed E-state index contributed by atoms with van der Waals surface area (Å²) >= 11 is 10.4. The van der Waals surface area contributed by atoms with Gasteiger partial charge in [-0.1, -0.05) is 53.4 Å². The lowest BCUT2D eigenvalue weighted by molar-refractivity contribution is -1.04. The maximum atomic E-state index is 12.6. The van der Waals surface area contributed by atoms with E-state index in [0.717, 1.165) is 77.5 Å². The molecule has 0 unspecified atom stereocenters. The van der Waals surface area contributed by atoms with Crippen LogP contribution >= 0.6 is 24.4 Å². The summed E-state index contributed by atoms with van der Waals surface area (Å²) in [6.45, 7) is 11.8. The summed E-state index contributed by atoms with van der Waals surface area (Å²) in [7, 11) is 0. The van der Waals surface area contributed by atoms with Crippen molar-refractivity contribution in [1.29, 1.82) is 0 Å². The van der Waals surface area contributed by atoms with E-state index in [1.54, 1.807) is 0 Å². The molecule has 0 radical (unpaired) electrons. The van der Waals surface area contributed by atoms with Crippen molar-refractivity contribution in [2.45, 2.75) is 79.1 Å². The van der Waals surface area contributed by atoms with Gasteiger partial charge in [0.1, 0.15) is 10.3 Å². The summed E-state index contributed by atoms with van der Waals surface area (Å²) in [6, 6.07) is 0. The van der Waals surface area contributed by atoms with Crippen molar-refractivity contribution in [2.24, 2.45) is 0 Å². The number of rotatable bonds is 14. The van der Waals surface area contributed by atoms with Crippen LogP contribution in [-0.2, 0) is 0 Å². The van der Waals surface area contributed by atoms with E-state index in [-0.39, 0.29) is 19.3 Å². The van der Waals surface area contributed by atoms with E-state index >= 15 is 0 Å². The maximum absolute atomic E-state index is 12.6. The summed E-state index contributed by atoms with van der Waals surface area (Å²) in [5.41, 5.74) is 0. The molecule has 0 saturated carbocycles. The van der Waals surface area contributed by atoms with Gasteiger partial charge in [0.05, 0.1) is 26.2 Å². The first-order valence-electron chi connectivity index (χ1n) is 9.99. The third-order valence-corrected chi connectivity index (χ3v) is 5.85. The highest BCUT2D eigenvalue weighted by Gasteiger charge is 2.40. The first kappa shape index (κ1) is 24.7. The molecule has 0 aromatic carbocycles. The van der Waals surface area contributed by atoms with Crippen LogP contribution in [0.25, 0.3) is 0 Å². The van der Waals surface area contributed by atoms with E-state index in [2.05, 4.69) is 27.7 Å². The van der Waals surface area contributed by atoms with Crippen LogP contribution in [0.2, 0.25) is 0 Å². The van der Waals surface area contributed by atoms with Gasteiger partial charge in [0, 0.05) is 0 Å². The van der Waals surface area contributed by atoms with Gasteiger partial charge in [0.15, 0.2) is 0 Å². The van der Waals surface area contributed by atoms with Crippen LogP contribution in [0, 0.1) is 0 Å². The first-order chi connectivity index (χ1) is 11.8. The summed E-state index contributed by atoms with van der Waals surface area (Å²) in [5.74, 6) is 0. The second kappa shape index (κ2) is 13.0. The fourth-order valence-electron chi connectivity index (χ4n) is 3.35. The Bertz CT molecular complexity index is 351. The van der Waals surface area contributed by atoms with Gasteiger partial charge in [-0.05, 0) is 50.1 Å². The molecule has 0 aliphatic heterocycles. The normalized spacial score (nSPS) is 12.3. The molecule has 0 spiro atoms. The predicted octanol–water partition coefficient (Wildman–Crippen LogP) is 3.07. The Hall–Kier alpha value is -0.300. The van der Waals surface area contributed by atoms with Gasteiger partial charge in [-0.25, -0.2) is 8.97 Å². The molecule has 0 atom stereocenters. The van der Waals surface area contributed by atoms with Crippen molar-refractivity contribution in [2.75, 3.05) is 32.8 Å². The largest absolute Gasteiger partial charge is 0.822 e. The summed E-state index contributed by atoms with van der Waals surface area (Å²) in [5, 5.41) is 24.7. The van der Waals surface area contributed by atoms with Crippen LogP contribution in [0.5, 0.6) is 0 Å². The zero-order chi connectivity index (χ0) is 19.3. The Morgan fingerprint density at radius 2 is 0.840 bits per heavy atom. The van der Waals surface area contributed by atoms with Gasteiger partial charge in [-0.3, -0.25) is 0 Å². The average Bonchev–Trinajstić information content (AvgIpc) is 2.59. The number of unbranched alkanes of at least 4 members (excludes halogenated alkanes) is 4. The van der Waals surface area contributed by atoms with E-state index in [4.69, 9.17) is 24.4 Å². The van der Waals surface area contributed by atoms with Crippen molar-refractivity contribution in [3.8, 4) is 0 Å². The SMILES string of the molecule is CCCC[N+](CCCC)(C[N+](CCCC)(CCCC)C([O-])=S)C([O-])=S. The number of hydrogen-bond acceptors (Lipinski definition) is 4. The maximum Gasteiger partial charge on any atom is 0.216 e.